The van der Waals surface area contributed by atoms with E-state index in [2.05, 4.69) is 10.2 Å². The average Bonchev–Trinajstić information content (AvgIpc) is 2.40. The Morgan fingerprint density at radius 3 is 2.50 bits per heavy atom. The van der Waals surface area contributed by atoms with Gasteiger partial charge >= 0.3 is 0 Å². The summed E-state index contributed by atoms with van der Waals surface area (Å²) in [5.41, 5.74) is 7.11. The van der Waals surface area contributed by atoms with Crippen molar-refractivity contribution in [3.63, 3.8) is 0 Å². The summed E-state index contributed by atoms with van der Waals surface area (Å²) in [6.45, 7) is 2.02. The zero-order valence-electron chi connectivity index (χ0n) is 11.1. The number of hydrogen-bond donors (Lipinski definition) is 2. The van der Waals surface area contributed by atoms with Crippen molar-refractivity contribution in [3.8, 4) is 0 Å². The van der Waals surface area contributed by atoms with Gasteiger partial charge < -0.3 is 16.0 Å². The molecule has 0 spiro atoms. The van der Waals surface area contributed by atoms with Gasteiger partial charge in [-0.2, -0.15) is 0 Å². The summed E-state index contributed by atoms with van der Waals surface area (Å²) >= 11 is 5.98. The Morgan fingerprint density at radius 1 is 1.25 bits per heavy atom. The van der Waals surface area contributed by atoms with E-state index in [0.717, 1.165) is 24.5 Å². The number of nitrogens with one attached hydrogen (secondary N) is 1. The first-order valence-electron chi connectivity index (χ1n) is 6.25. The first-order valence-corrected chi connectivity index (χ1v) is 6.63. The summed E-state index contributed by atoms with van der Waals surface area (Å²) in [5, 5.41) is 3.42. The number of amides is 1. The average molecular weight is 341 g/mol. The number of anilines is 2. The summed E-state index contributed by atoms with van der Waals surface area (Å²) in [6.07, 6.45) is 3.65. The number of carbonyl (C=O) groups is 1. The van der Waals surface area contributed by atoms with Crippen molar-refractivity contribution in [2.75, 3.05) is 29.9 Å². The molecule has 4 nitrogen and oxygen atoms in total. The van der Waals surface area contributed by atoms with E-state index < -0.39 is 0 Å². The highest BCUT2D eigenvalue weighted by Gasteiger charge is 2.15. The van der Waals surface area contributed by atoms with E-state index in [-0.39, 0.29) is 37.3 Å². The molecule has 0 atom stereocenters. The summed E-state index contributed by atoms with van der Waals surface area (Å²) in [6, 6.07) is 5.59. The zero-order chi connectivity index (χ0) is 13.0. The molecule has 3 N–H and O–H groups in total. The van der Waals surface area contributed by atoms with Gasteiger partial charge in [0.05, 0.1) is 17.9 Å². The normalized spacial score (nSPS) is 14.0. The maximum Gasteiger partial charge on any atom is 0.238 e. The van der Waals surface area contributed by atoms with Gasteiger partial charge in [0, 0.05) is 18.1 Å². The molecule has 2 rings (SSSR count). The topological polar surface area (TPSA) is 58.4 Å². The van der Waals surface area contributed by atoms with Crippen molar-refractivity contribution < 1.29 is 4.79 Å². The quantitative estimate of drug-likeness (QED) is 0.889. The van der Waals surface area contributed by atoms with Crippen LogP contribution in [-0.4, -0.2) is 25.5 Å². The predicted molar refractivity (Wildman–Crippen MR) is 89.7 cm³/mol. The third-order valence-corrected chi connectivity index (χ3v) is 3.35. The van der Waals surface area contributed by atoms with Crippen LogP contribution in [0, 0.1) is 0 Å². The summed E-state index contributed by atoms with van der Waals surface area (Å²) in [5.74, 6) is -0.199. The van der Waals surface area contributed by atoms with Crippen molar-refractivity contribution in [3.05, 3.63) is 23.2 Å². The van der Waals surface area contributed by atoms with E-state index in [1.165, 1.54) is 19.3 Å². The molecular formula is C13H20Cl3N3O. The summed E-state index contributed by atoms with van der Waals surface area (Å²) in [7, 11) is 0. The number of benzene rings is 1. The molecule has 0 radical (unpaired) electrons. The zero-order valence-corrected chi connectivity index (χ0v) is 13.5. The van der Waals surface area contributed by atoms with Crippen LogP contribution in [0.2, 0.25) is 5.02 Å². The number of carbonyl (C=O) groups excluding carboxylic acids is 1. The monoisotopic (exact) mass is 339 g/mol. The fourth-order valence-corrected chi connectivity index (χ4v) is 2.39. The Bertz CT molecular complexity index is 437. The molecule has 1 aromatic carbocycles. The van der Waals surface area contributed by atoms with E-state index in [9.17, 15) is 4.79 Å². The SMILES string of the molecule is Cl.Cl.NCC(=O)Nc1cc(Cl)ccc1N1CCCCC1. The Hall–Kier alpha value is -0.680. The summed E-state index contributed by atoms with van der Waals surface area (Å²) < 4.78 is 0. The lowest BCUT2D eigenvalue weighted by atomic mass is 10.1. The molecule has 1 heterocycles. The van der Waals surface area contributed by atoms with Gasteiger partial charge in [-0.3, -0.25) is 4.79 Å². The van der Waals surface area contributed by atoms with Crippen LogP contribution in [0.4, 0.5) is 11.4 Å². The molecule has 20 heavy (non-hydrogen) atoms. The van der Waals surface area contributed by atoms with E-state index in [1.54, 1.807) is 6.07 Å². The van der Waals surface area contributed by atoms with E-state index in [4.69, 9.17) is 17.3 Å². The number of halogens is 3. The molecule has 0 saturated carbocycles. The van der Waals surface area contributed by atoms with E-state index in [1.807, 2.05) is 12.1 Å². The van der Waals surface area contributed by atoms with Gasteiger partial charge in [-0.25, -0.2) is 0 Å². The van der Waals surface area contributed by atoms with Crippen LogP contribution in [0.15, 0.2) is 18.2 Å². The Morgan fingerprint density at radius 2 is 1.90 bits per heavy atom. The van der Waals surface area contributed by atoms with Gasteiger partial charge in [0.2, 0.25) is 5.91 Å². The molecule has 1 fully saturated rings. The fraction of sp³-hybridized carbons (Fsp3) is 0.462. The van der Waals surface area contributed by atoms with Gasteiger partial charge in [-0.15, -0.1) is 24.8 Å². The number of rotatable bonds is 3. The van der Waals surface area contributed by atoms with Crippen LogP contribution in [0.5, 0.6) is 0 Å². The third-order valence-electron chi connectivity index (χ3n) is 3.11. The smallest absolute Gasteiger partial charge is 0.238 e. The van der Waals surface area contributed by atoms with Gasteiger partial charge in [0.1, 0.15) is 0 Å². The van der Waals surface area contributed by atoms with Crippen LogP contribution in [0.1, 0.15) is 19.3 Å². The van der Waals surface area contributed by atoms with Crippen LogP contribution in [-0.2, 0) is 4.79 Å². The maximum absolute atomic E-state index is 11.4. The number of nitrogens with two attached hydrogens (primary N) is 1. The molecular weight excluding hydrogens is 321 g/mol. The number of piperidine rings is 1. The maximum atomic E-state index is 11.4. The highest BCUT2D eigenvalue weighted by atomic mass is 35.5. The summed E-state index contributed by atoms with van der Waals surface area (Å²) in [4.78, 5) is 13.7. The van der Waals surface area contributed by atoms with Crippen molar-refractivity contribution in [1.82, 2.24) is 0 Å². The Kier molecular flexibility index (Phi) is 8.98. The molecule has 1 aliphatic heterocycles. The lowest BCUT2D eigenvalue weighted by Crippen LogP contribution is -2.31. The van der Waals surface area contributed by atoms with Crippen LogP contribution < -0.4 is 16.0 Å². The van der Waals surface area contributed by atoms with Crippen molar-refractivity contribution >= 4 is 53.7 Å². The van der Waals surface area contributed by atoms with E-state index >= 15 is 0 Å². The number of nitrogens with zero attached hydrogens (tertiary/aromatic N) is 1. The van der Waals surface area contributed by atoms with Gasteiger partial charge in [0.15, 0.2) is 0 Å². The number of hydrogen-bond acceptors (Lipinski definition) is 3. The van der Waals surface area contributed by atoms with Crippen LogP contribution >= 0.6 is 36.4 Å². The Balaban J connectivity index is 0.00000180. The lowest BCUT2D eigenvalue weighted by Gasteiger charge is -2.30. The first kappa shape index (κ1) is 19.3. The van der Waals surface area contributed by atoms with Gasteiger partial charge in [-0.05, 0) is 37.5 Å². The molecule has 1 aromatic rings. The minimum Gasteiger partial charge on any atom is -0.370 e. The molecule has 7 heteroatoms. The predicted octanol–water partition coefficient (Wildman–Crippen LogP) is 3.07. The van der Waals surface area contributed by atoms with Crippen molar-refractivity contribution in [2.24, 2.45) is 5.73 Å². The molecule has 0 aliphatic carbocycles. The highest BCUT2D eigenvalue weighted by molar-refractivity contribution is 6.31. The molecule has 1 aliphatic rings. The van der Waals surface area contributed by atoms with Crippen molar-refractivity contribution in [1.29, 1.82) is 0 Å². The van der Waals surface area contributed by atoms with Crippen LogP contribution in [0.25, 0.3) is 0 Å². The fourth-order valence-electron chi connectivity index (χ4n) is 2.22. The van der Waals surface area contributed by atoms with Crippen LogP contribution in [0.3, 0.4) is 0 Å². The molecule has 0 unspecified atom stereocenters. The van der Waals surface area contributed by atoms with Gasteiger partial charge in [0.25, 0.3) is 0 Å². The lowest BCUT2D eigenvalue weighted by molar-refractivity contribution is -0.114. The molecule has 1 amide bonds. The second-order valence-corrected chi connectivity index (χ2v) is 4.90. The van der Waals surface area contributed by atoms with E-state index in [0.29, 0.717) is 5.02 Å². The second-order valence-electron chi connectivity index (χ2n) is 4.46. The van der Waals surface area contributed by atoms with Gasteiger partial charge in [-0.1, -0.05) is 11.6 Å². The minimum atomic E-state index is -0.199. The first-order chi connectivity index (χ1) is 8.70. The standard InChI is InChI=1S/C13H18ClN3O.2ClH/c14-10-4-5-12(17-6-2-1-3-7-17)11(8-10)16-13(18)9-15;;/h4-5,8H,1-3,6-7,9,15H2,(H,16,18);2*1H. The second kappa shape index (κ2) is 9.29. The molecule has 1 saturated heterocycles. The van der Waals surface area contributed by atoms with Crippen molar-refractivity contribution in [2.45, 2.75) is 19.3 Å². The minimum absolute atomic E-state index is 0. The Labute approximate surface area is 136 Å². The highest BCUT2D eigenvalue weighted by Crippen LogP contribution is 2.31. The third kappa shape index (κ3) is 5.02. The molecule has 114 valence electrons. The molecule has 0 bridgehead atoms. The molecule has 0 aromatic heterocycles. The largest absolute Gasteiger partial charge is 0.370 e.